The molecule has 2 aliphatic rings. The topological polar surface area (TPSA) is 12.4 Å². The third-order valence-electron chi connectivity index (χ3n) is 2.90. The molecule has 70 valence electrons. The fraction of sp³-hybridized carbons (Fsp3) is 0.583. The lowest BCUT2D eigenvalue weighted by Gasteiger charge is -2.31. The van der Waals surface area contributed by atoms with Crippen LogP contribution in [0.15, 0.2) is 28.8 Å². The van der Waals surface area contributed by atoms with E-state index in [2.05, 4.69) is 50.2 Å². The van der Waals surface area contributed by atoms with Gasteiger partial charge in [0.05, 0.1) is 0 Å². The largest absolute Gasteiger partial charge is 0.296 e. The molecule has 2 atom stereocenters. The molecule has 1 aliphatic carbocycles. The minimum absolute atomic E-state index is 0.282. The summed E-state index contributed by atoms with van der Waals surface area (Å²) in [5, 5.41) is 0. The Balaban J connectivity index is 2.32. The Labute approximate surface area is 80.3 Å². The molecule has 0 amide bonds. The van der Waals surface area contributed by atoms with Crippen LogP contribution in [0.2, 0.25) is 0 Å². The molecule has 13 heavy (non-hydrogen) atoms. The van der Waals surface area contributed by atoms with Gasteiger partial charge in [-0.1, -0.05) is 44.6 Å². The zero-order valence-electron chi connectivity index (χ0n) is 8.62. The number of rotatable bonds is 0. The van der Waals surface area contributed by atoms with Crippen molar-refractivity contribution in [1.29, 1.82) is 0 Å². The van der Waals surface area contributed by atoms with Gasteiger partial charge in [-0.3, -0.25) is 4.99 Å². The van der Waals surface area contributed by atoms with E-state index in [-0.39, 0.29) is 5.41 Å². The summed E-state index contributed by atoms with van der Waals surface area (Å²) in [6, 6.07) is 0. The van der Waals surface area contributed by atoms with Crippen molar-refractivity contribution in [3.05, 3.63) is 23.8 Å². The Hall–Kier alpha value is -0.850. The van der Waals surface area contributed by atoms with Crippen molar-refractivity contribution >= 4 is 6.21 Å². The number of allylic oxidation sites excluding steroid dienone is 3. The molecule has 0 fully saturated rings. The lowest BCUT2D eigenvalue weighted by Crippen LogP contribution is -2.24. The first kappa shape index (κ1) is 8.74. The van der Waals surface area contributed by atoms with Gasteiger partial charge in [0.2, 0.25) is 0 Å². The fourth-order valence-electron chi connectivity index (χ4n) is 2.17. The molecular weight excluding hydrogens is 158 g/mol. The monoisotopic (exact) mass is 175 g/mol. The Morgan fingerprint density at radius 2 is 2.15 bits per heavy atom. The van der Waals surface area contributed by atoms with E-state index in [4.69, 9.17) is 0 Å². The maximum atomic E-state index is 4.37. The molecule has 0 saturated carbocycles. The van der Waals surface area contributed by atoms with Crippen LogP contribution in [0.25, 0.3) is 0 Å². The zero-order chi connectivity index (χ0) is 9.47. The maximum absolute atomic E-state index is 4.37. The van der Waals surface area contributed by atoms with E-state index in [0.29, 0.717) is 11.8 Å². The molecule has 2 rings (SSSR count). The van der Waals surface area contributed by atoms with Gasteiger partial charge in [0, 0.05) is 24.6 Å². The molecule has 0 N–H and O–H groups in total. The van der Waals surface area contributed by atoms with Gasteiger partial charge in [-0.25, -0.2) is 0 Å². The van der Waals surface area contributed by atoms with E-state index in [1.54, 1.807) is 0 Å². The van der Waals surface area contributed by atoms with E-state index >= 15 is 0 Å². The molecule has 0 bridgehead atoms. The Morgan fingerprint density at radius 1 is 1.38 bits per heavy atom. The summed E-state index contributed by atoms with van der Waals surface area (Å²) in [6.45, 7) is 7.82. The molecule has 1 aliphatic heterocycles. The highest BCUT2D eigenvalue weighted by molar-refractivity contribution is 5.70. The van der Waals surface area contributed by atoms with Gasteiger partial charge in [0.25, 0.3) is 0 Å². The molecule has 0 aromatic heterocycles. The second-order valence-corrected chi connectivity index (χ2v) is 4.96. The van der Waals surface area contributed by atoms with Crippen molar-refractivity contribution in [1.82, 2.24) is 0 Å². The molecule has 1 heterocycles. The minimum atomic E-state index is 0.282. The number of hydrogen-bond donors (Lipinski definition) is 0. The number of aliphatic imine (C=N–C) groups is 1. The van der Waals surface area contributed by atoms with Crippen LogP contribution >= 0.6 is 0 Å². The van der Waals surface area contributed by atoms with Gasteiger partial charge in [0.15, 0.2) is 0 Å². The highest BCUT2D eigenvalue weighted by atomic mass is 14.8. The average Bonchev–Trinajstić information content (AvgIpc) is 2.48. The van der Waals surface area contributed by atoms with Crippen molar-refractivity contribution < 1.29 is 0 Å². The summed E-state index contributed by atoms with van der Waals surface area (Å²) in [5.74, 6) is 1.21. The van der Waals surface area contributed by atoms with Crippen molar-refractivity contribution in [2.45, 2.75) is 20.8 Å². The quantitative estimate of drug-likeness (QED) is 0.537. The van der Waals surface area contributed by atoms with Crippen LogP contribution in [-0.2, 0) is 0 Å². The lowest BCUT2D eigenvalue weighted by molar-refractivity contribution is 0.431. The second kappa shape index (κ2) is 2.83. The average molecular weight is 175 g/mol. The number of hydrogen-bond acceptors (Lipinski definition) is 1. The second-order valence-electron chi connectivity index (χ2n) is 4.96. The molecule has 1 heteroatoms. The SMILES string of the molecule is CC(C)(C)C1=CC=CC2CN=CC12. The summed E-state index contributed by atoms with van der Waals surface area (Å²) in [4.78, 5) is 4.37. The Kier molecular flexibility index (Phi) is 1.90. The summed E-state index contributed by atoms with van der Waals surface area (Å²) in [6.07, 6.45) is 8.87. The molecule has 0 saturated heterocycles. The molecular formula is C12H17N. The van der Waals surface area contributed by atoms with Crippen LogP contribution in [0.5, 0.6) is 0 Å². The standard InChI is InChI=1S/C12H17N/c1-12(2,3)11-6-4-5-9-7-13-8-10(9)11/h4-6,8-10H,7H2,1-3H3. The molecule has 0 radical (unpaired) electrons. The third kappa shape index (κ3) is 1.48. The van der Waals surface area contributed by atoms with Crippen LogP contribution in [-0.4, -0.2) is 12.8 Å². The van der Waals surface area contributed by atoms with E-state index < -0.39 is 0 Å². The summed E-state index contributed by atoms with van der Waals surface area (Å²) < 4.78 is 0. The van der Waals surface area contributed by atoms with Crippen molar-refractivity contribution in [3.63, 3.8) is 0 Å². The van der Waals surface area contributed by atoms with Gasteiger partial charge >= 0.3 is 0 Å². The first-order valence-corrected chi connectivity index (χ1v) is 4.98. The van der Waals surface area contributed by atoms with Crippen LogP contribution in [0.1, 0.15) is 20.8 Å². The van der Waals surface area contributed by atoms with Gasteiger partial charge in [-0.05, 0) is 5.41 Å². The molecule has 0 aromatic rings. The predicted molar refractivity (Wildman–Crippen MR) is 57.0 cm³/mol. The van der Waals surface area contributed by atoms with Crippen molar-refractivity contribution in [2.24, 2.45) is 22.2 Å². The van der Waals surface area contributed by atoms with Gasteiger partial charge in [-0.2, -0.15) is 0 Å². The Bertz CT molecular complexity index is 289. The molecule has 2 unspecified atom stereocenters. The van der Waals surface area contributed by atoms with Gasteiger partial charge < -0.3 is 0 Å². The first-order valence-electron chi connectivity index (χ1n) is 4.98. The Morgan fingerprint density at radius 3 is 2.85 bits per heavy atom. The number of fused-ring (bicyclic) bond motifs is 1. The smallest absolute Gasteiger partial charge is 0.0457 e. The van der Waals surface area contributed by atoms with Crippen molar-refractivity contribution in [3.8, 4) is 0 Å². The van der Waals surface area contributed by atoms with E-state index in [0.717, 1.165) is 6.54 Å². The maximum Gasteiger partial charge on any atom is 0.0457 e. The van der Waals surface area contributed by atoms with Crippen LogP contribution < -0.4 is 0 Å². The first-order chi connectivity index (χ1) is 6.09. The predicted octanol–water partition coefficient (Wildman–Crippen LogP) is 2.85. The van der Waals surface area contributed by atoms with E-state index in [1.165, 1.54) is 5.57 Å². The zero-order valence-corrected chi connectivity index (χ0v) is 8.62. The highest BCUT2D eigenvalue weighted by Crippen LogP contribution is 2.39. The summed E-state index contributed by atoms with van der Waals surface area (Å²) in [5.41, 5.74) is 1.81. The van der Waals surface area contributed by atoms with Crippen LogP contribution in [0.4, 0.5) is 0 Å². The van der Waals surface area contributed by atoms with E-state index in [1.807, 2.05) is 0 Å². The summed E-state index contributed by atoms with van der Waals surface area (Å²) >= 11 is 0. The third-order valence-corrected chi connectivity index (χ3v) is 2.90. The van der Waals surface area contributed by atoms with Crippen molar-refractivity contribution in [2.75, 3.05) is 6.54 Å². The molecule has 0 spiro atoms. The van der Waals surface area contributed by atoms with Gasteiger partial charge in [-0.15, -0.1) is 0 Å². The van der Waals surface area contributed by atoms with Crippen LogP contribution in [0, 0.1) is 17.3 Å². The normalized spacial score (nSPS) is 31.8. The van der Waals surface area contributed by atoms with Crippen LogP contribution in [0.3, 0.4) is 0 Å². The molecule has 1 nitrogen and oxygen atoms in total. The highest BCUT2D eigenvalue weighted by Gasteiger charge is 2.32. The summed E-state index contributed by atoms with van der Waals surface area (Å²) in [7, 11) is 0. The van der Waals surface area contributed by atoms with Gasteiger partial charge in [0.1, 0.15) is 0 Å². The lowest BCUT2D eigenvalue weighted by atomic mass is 9.73. The molecule has 0 aromatic carbocycles. The van der Waals surface area contributed by atoms with E-state index in [9.17, 15) is 0 Å². The number of nitrogens with zero attached hydrogens (tertiary/aromatic N) is 1. The fourth-order valence-corrected chi connectivity index (χ4v) is 2.17. The minimum Gasteiger partial charge on any atom is -0.296 e.